The fourth-order valence-corrected chi connectivity index (χ4v) is 5.53. The Kier molecular flexibility index (Phi) is 13.4. The summed E-state index contributed by atoms with van der Waals surface area (Å²) in [5.41, 5.74) is 11.5. The highest BCUT2D eigenvalue weighted by Crippen LogP contribution is 2.36. The van der Waals surface area contributed by atoms with Crippen LogP contribution in [0.4, 0.5) is 0 Å². The molecule has 0 bridgehead atoms. The van der Waals surface area contributed by atoms with Crippen LogP contribution in [0, 0.1) is 11.8 Å². The monoisotopic (exact) mass is 555 g/mol. The first-order valence-electron chi connectivity index (χ1n) is 14.0. The van der Waals surface area contributed by atoms with E-state index in [2.05, 4.69) is 37.7 Å². The predicted molar refractivity (Wildman–Crippen MR) is 153 cm³/mol. The fourth-order valence-electron chi connectivity index (χ4n) is 5.17. The van der Waals surface area contributed by atoms with Crippen molar-refractivity contribution in [1.29, 1.82) is 0 Å². The van der Waals surface area contributed by atoms with Crippen molar-refractivity contribution in [1.82, 2.24) is 0 Å². The zero-order chi connectivity index (χ0) is 28.0. The Balaban J connectivity index is 1.91. The Morgan fingerprint density at radius 2 is 1.54 bits per heavy atom. The van der Waals surface area contributed by atoms with Gasteiger partial charge < -0.3 is 18.9 Å². The van der Waals surface area contributed by atoms with Gasteiger partial charge in [-0.1, -0.05) is 93.5 Å². The molecular formula is C30H42N3O5P. The van der Waals surface area contributed by atoms with E-state index in [1.807, 2.05) is 60.7 Å². The van der Waals surface area contributed by atoms with Crippen LogP contribution in [0.15, 0.2) is 65.8 Å². The molecule has 8 nitrogen and oxygen atoms in total. The molecule has 2 aromatic carbocycles. The van der Waals surface area contributed by atoms with Gasteiger partial charge in [0.2, 0.25) is 0 Å². The molecule has 1 aliphatic heterocycles. The largest absolute Gasteiger partial charge is 0.371 e. The van der Waals surface area contributed by atoms with Gasteiger partial charge in [-0.15, -0.1) is 0 Å². The first-order valence-corrected chi connectivity index (χ1v) is 15.0. The molecule has 3 rings (SSSR count). The van der Waals surface area contributed by atoms with Crippen molar-refractivity contribution in [2.24, 2.45) is 17.0 Å². The maximum atomic E-state index is 11.5. The van der Waals surface area contributed by atoms with E-state index >= 15 is 0 Å². The lowest BCUT2D eigenvalue weighted by molar-refractivity contribution is -0.279. The molecule has 39 heavy (non-hydrogen) atoms. The molecule has 8 atom stereocenters. The van der Waals surface area contributed by atoms with Crippen molar-refractivity contribution in [3.63, 3.8) is 0 Å². The van der Waals surface area contributed by atoms with Crippen LogP contribution >= 0.6 is 8.46 Å². The van der Waals surface area contributed by atoms with E-state index in [0.29, 0.717) is 32.2 Å². The molecule has 0 saturated carbocycles. The van der Waals surface area contributed by atoms with Crippen LogP contribution in [-0.2, 0) is 36.7 Å². The number of azide groups is 1. The highest BCUT2D eigenvalue weighted by Gasteiger charge is 2.44. The summed E-state index contributed by atoms with van der Waals surface area (Å²) >= 11 is 0. The van der Waals surface area contributed by atoms with E-state index in [1.54, 1.807) is 0 Å². The third-order valence-electron chi connectivity index (χ3n) is 7.67. The normalized spacial score (nSPS) is 25.5. The summed E-state index contributed by atoms with van der Waals surface area (Å²) in [6.07, 6.45) is 0.360. The lowest BCUT2D eigenvalue weighted by Crippen LogP contribution is -2.53. The first kappa shape index (κ1) is 31.2. The average Bonchev–Trinajstić information content (AvgIpc) is 2.97. The third kappa shape index (κ3) is 9.11. The molecular weight excluding hydrogens is 513 g/mol. The second-order valence-corrected chi connectivity index (χ2v) is 10.9. The summed E-state index contributed by atoms with van der Waals surface area (Å²) in [6, 6.07) is 19.5. The number of nitrogens with zero attached hydrogens (tertiary/aromatic N) is 3. The average molecular weight is 556 g/mol. The molecule has 0 amide bonds. The van der Waals surface area contributed by atoms with E-state index in [-0.39, 0.29) is 32.5 Å². The molecule has 2 unspecified atom stereocenters. The molecule has 1 aliphatic rings. The fraction of sp³-hybridized carbons (Fsp3) is 0.600. The van der Waals surface area contributed by atoms with Crippen LogP contribution < -0.4 is 0 Å². The summed E-state index contributed by atoms with van der Waals surface area (Å²) in [4.78, 5) is 3.12. The van der Waals surface area contributed by atoms with Gasteiger partial charge in [-0.25, -0.2) is 0 Å². The Hall–Kier alpha value is -2.31. The highest BCUT2D eigenvalue weighted by molar-refractivity contribution is 7.23. The van der Waals surface area contributed by atoms with Crippen molar-refractivity contribution < 1.29 is 23.5 Å². The molecule has 1 heterocycles. The van der Waals surface area contributed by atoms with Gasteiger partial charge in [-0.2, -0.15) is 0 Å². The van der Waals surface area contributed by atoms with Crippen molar-refractivity contribution in [3.8, 4) is 0 Å². The van der Waals surface area contributed by atoms with Crippen molar-refractivity contribution in [3.05, 3.63) is 82.2 Å². The SMILES string of the molecule is CCC1O[C@@H](O[C@@H]([C@H](CC)OCc2ccccc2)[C@@H](CCP=O)OCc2ccccc2)C(N=[N+]=[N-])[C@@H](C)[C@@H]1C. The van der Waals surface area contributed by atoms with E-state index in [1.165, 1.54) is 0 Å². The molecule has 0 radical (unpaired) electrons. The Bertz CT molecular complexity index is 1020. The topological polar surface area (TPSA) is 103 Å². The number of benzene rings is 2. The minimum absolute atomic E-state index is 0.0232. The zero-order valence-electron chi connectivity index (χ0n) is 23.5. The molecule has 1 saturated heterocycles. The van der Waals surface area contributed by atoms with Crippen LogP contribution in [0.5, 0.6) is 0 Å². The van der Waals surface area contributed by atoms with E-state index in [0.717, 1.165) is 17.5 Å². The Morgan fingerprint density at radius 1 is 0.949 bits per heavy atom. The smallest absolute Gasteiger partial charge is 0.167 e. The van der Waals surface area contributed by atoms with Crippen molar-refractivity contribution in [2.75, 3.05) is 6.16 Å². The molecule has 0 spiro atoms. The first-order chi connectivity index (χ1) is 19.0. The minimum Gasteiger partial charge on any atom is -0.371 e. The van der Waals surface area contributed by atoms with Gasteiger partial charge in [0.15, 0.2) is 14.8 Å². The van der Waals surface area contributed by atoms with E-state index < -0.39 is 24.5 Å². The van der Waals surface area contributed by atoms with Gasteiger partial charge in [0.1, 0.15) is 6.10 Å². The minimum atomic E-state index is -0.746. The molecule has 2 aromatic rings. The highest BCUT2D eigenvalue weighted by atomic mass is 31.1. The number of rotatable bonds is 16. The quantitative estimate of drug-likeness (QED) is 0.0913. The second-order valence-electron chi connectivity index (χ2n) is 10.2. The van der Waals surface area contributed by atoms with E-state index in [9.17, 15) is 10.1 Å². The van der Waals surface area contributed by atoms with Crippen molar-refractivity contribution in [2.45, 2.75) is 96.9 Å². The number of hydrogen-bond acceptors (Lipinski definition) is 6. The van der Waals surface area contributed by atoms with Crippen LogP contribution in [0.3, 0.4) is 0 Å². The van der Waals surface area contributed by atoms with Gasteiger partial charge in [0, 0.05) is 11.1 Å². The summed E-state index contributed by atoms with van der Waals surface area (Å²) in [5.74, 6) is 0.281. The standard InChI is InChI=1S/C30H42N3O5P/c1-5-25-21(3)22(4)28(32-33-31)30(37-25)38-29(26(6-2)35-19-23-13-9-7-10-14-23)27(17-18-39-34)36-20-24-15-11-8-12-16-24/h7-16,21-22,25-30H,5-6,17-20H2,1-4H3/t21-,22-,25?,26-,27+,28?,29-,30-/m0/s1. The summed E-state index contributed by atoms with van der Waals surface area (Å²) in [5, 5.41) is 4.11. The van der Waals surface area contributed by atoms with Crippen molar-refractivity contribution >= 4 is 8.46 Å². The van der Waals surface area contributed by atoms with Crippen LogP contribution in [-0.4, -0.2) is 42.9 Å². The molecule has 9 heteroatoms. The maximum absolute atomic E-state index is 11.5. The predicted octanol–water partition coefficient (Wildman–Crippen LogP) is 7.72. The molecule has 1 fully saturated rings. The van der Waals surface area contributed by atoms with E-state index in [4.69, 9.17) is 18.9 Å². The number of hydrogen-bond donors (Lipinski definition) is 0. The summed E-state index contributed by atoms with van der Waals surface area (Å²) in [7, 11) is 0.0439. The lowest BCUT2D eigenvalue weighted by Gasteiger charge is -2.45. The molecule has 0 aromatic heterocycles. The Morgan fingerprint density at radius 3 is 2.05 bits per heavy atom. The van der Waals surface area contributed by atoms with Gasteiger partial charge in [0.05, 0.1) is 37.6 Å². The maximum Gasteiger partial charge on any atom is 0.167 e. The van der Waals surface area contributed by atoms with Crippen LogP contribution in [0.25, 0.3) is 10.4 Å². The third-order valence-corrected chi connectivity index (χ3v) is 8.12. The Labute approximate surface area is 234 Å². The lowest BCUT2D eigenvalue weighted by atomic mass is 9.81. The van der Waals surface area contributed by atoms with Gasteiger partial charge in [0.25, 0.3) is 0 Å². The molecule has 0 aliphatic carbocycles. The zero-order valence-corrected chi connectivity index (χ0v) is 24.4. The summed E-state index contributed by atoms with van der Waals surface area (Å²) < 4.78 is 37.6. The van der Waals surface area contributed by atoms with Crippen LogP contribution in [0.2, 0.25) is 0 Å². The van der Waals surface area contributed by atoms with Gasteiger partial charge in [-0.05, 0) is 47.8 Å². The van der Waals surface area contributed by atoms with Crippen LogP contribution in [0.1, 0.15) is 58.1 Å². The second kappa shape index (κ2) is 16.7. The van der Waals surface area contributed by atoms with Gasteiger partial charge in [-0.3, -0.25) is 4.57 Å². The number of ether oxygens (including phenoxy) is 4. The molecule has 0 N–H and O–H groups in total. The molecule has 212 valence electrons. The van der Waals surface area contributed by atoms with Gasteiger partial charge >= 0.3 is 0 Å². The summed E-state index contributed by atoms with van der Waals surface area (Å²) in [6.45, 7) is 9.16.